The van der Waals surface area contributed by atoms with E-state index in [2.05, 4.69) is 15.3 Å². The molecule has 1 N–H and O–H groups in total. The number of sulfonamides is 1. The number of hydrogen-bond acceptors (Lipinski definition) is 6. The molecular weight excluding hydrogens is 528 g/mol. The van der Waals surface area contributed by atoms with Gasteiger partial charge in [0, 0.05) is 36.0 Å². The smallest absolute Gasteiger partial charge is 0.417 e. The average molecular weight is 549 g/mol. The Labute approximate surface area is 214 Å². The van der Waals surface area contributed by atoms with E-state index in [0.29, 0.717) is 29.8 Å². The molecule has 1 aromatic carbocycles. The Hall–Kier alpha value is -3.84. The summed E-state index contributed by atoms with van der Waals surface area (Å²) in [6.07, 6.45) is -1.57. The van der Waals surface area contributed by atoms with Crippen molar-refractivity contribution in [3.63, 3.8) is 0 Å². The molecule has 4 aromatic rings. The van der Waals surface area contributed by atoms with Crippen LogP contribution in [0.4, 0.5) is 17.6 Å². The highest BCUT2D eigenvalue weighted by Crippen LogP contribution is 2.31. The number of aromatic nitrogens is 2. The summed E-state index contributed by atoms with van der Waals surface area (Å²) in [5, 5.41) is 2.59. The van der Waals surface area contributed by atoms with E-state index < -0.39 is 39.5 Å². The predicted octanol–water partition coefficient (Wildman–Crippen LogP) is 4.52. The Morgan fingerprint density at radius 3 is 2.66 bits per heavy atom. The third kappa shape index (κ3) is 5.11. The second-order valence-electron chi connectivity index (χ2n) is 8.70. The fraction of sp³-hybridized carbons (Fsp3) is 0.240. The molecule has 4 heterocycles. The Kier molecular flexibility index (Phi) is 6.65. The highest BCUT2D eigenvalue weighted by atomic mass is 32.2. The van der Waals surface area contributed by atoms with Gasteiger partial charge < -0.3 is 9.73 Å². The summed E-state index contributed by atoms with van der Waals surface area (Å²) in [7, 11) is -4.17. The van der Waals surface area contributed by atoms with Gasteiger partial charge in [-0.25, -0.2) is 12.8 Å². The lowest BCUT2D eigenvalue weighted by Crippen LogP contribution is -2.45. The lowest BCUT2D eigenvalue weighted by atomic mass is 10.1. The summed E-state index contributed by atoms with van der Waals surface area (Å²) < 4.78 is 84.9. The van der Waals surface area contributed by atoms with E-state index in [-0.39, 0.29) is 29.2 Å². The second-order valence-corrected chi connectivity index (χ2v) is 10.5. The monoisotopic (exact) mass is 548 g/mol. The van der Waals surface area contributed by atoms with Gasteiger partial charge >= 0.3 is 6.18 Å². The number of halogens is 4. The number of carbonyl (C=O) groups is 1. The molecule has 0 radical (unpaired) electrons. The first-order chi connectivity index (χ1) is 18.0. The topological polar surface area (TPSA) is 105 Å². The summed E-state index contributed by atoms with van der Waals surface area (Å²) in [6, 6.07) is 9.22. The van der Waals surface area contributed by atoms with E-state index in [1.807, 2.05) is 0 Å². The van der Waals surface area contributed by atoms with Gasteiger partial charge in [0.15, 0.2) is 0 Å². The number of alkyl halides is 3. The maximum atomic E-state index is 13.5. The van der Waals surface area contributed by atoms with Gasteiger partial charge in [-0.05, 0) is 55.3 Å². The van der Waals surface area contributed by atoms with Crippen molar-refractivity contribution in [3.05, 3.63) is 78.0 Å². The summed E-state index contributed by atoms with van der Waals surface area (Å²) in [4.78, 5) is 21.0. The highest BCUT2D eigenvalue weighted by Gasteiger charge is 2.41. The predicted molar refractivity (Wildman–Crippen MR) is 127 cm³/mol. The molecule has 1 amide bonds. The number of benzene rings is 1. The van der Waals surface area contributed by atoms with Crippen LogP contribution >= 0.6 is 0 Å². The number of amides is 1. The first-order valence-corrected chi connectivity index (χ1v) is 12.9. The third-order valence-electron chi connectivity index (χ3n) is 6.17. The molecular formula is C25H20F4N4O4S. The molecule has 1 atom stereocenters. The fourth-order valence-electron chi connectivity index (χ4n) is 4.28. The molecule has 0 saturated carbocycles. The lowest BCUT2D eigenvalue weighted by Gasteiger charge is -2.22. The third-order valence-corrected chi connectivity index (χ3v) is 7.94. The molecule has 8 nitrogen and oxygen atoms in total. The first-order valence-electron chi connectivity index (χ1n) is 11.5. The maximum absolute atomic E-state index is 13.5. The van der Waals surface area contributed by atoms with E-state index in [0.717, 1.165) is 28.7 Å². The van der Waals surface area contributed by atoms with E-state index in [9.17, 15) is 30.8 Å². The molecule has 1 aliphatic heterocycles. The van der Waals surface area contributed by atoms with Gasteiger partial charge in [-0.3, -0.25) is 14.8 Å². The van der Waals surface area contributed by atoms with Crippen molar-refractivity contribution in [3.8, 4) is 11.3 Å². The number of furan rings is 1. The summed E-state index contributed by atoms with van der Waals surface area (Å²) in [5.74, 6) is -1.07. The molecule has 3 aromatic heterocycles. The molecule has 13 heteroatoms. The number of fused-ring (bicyclic) bond motifs is 1. The van der Waals surface area contributed by atoms with Crippen LogP contribution in [0, 0.1) is 5.82 Å². The van der Waals surface area contributed by atoms with Crippen LogP contribution in [0.2, 0.25) is 0 Å². The Bertz CT molecular complexity index is 1600. The summed E-state index contributed by atoms with van der Waals surface area (Å²) >= 11 is 0. The van der Waals surface area contributed by atoms with Gasteiger partial charge in [0.25, 0.3) is 10.0 Å². The fourth-order valence-corrected chi connectivity index (χ4v) is 5.89. The number of nitrogens with one attached hydrogen (secondary N) is 1. The van der Waals surface area contributed by atoms with Crippen LogP contribution in [-0.2, 0) is 27.5 Å². The minimum Gasteiger partial charge on any atom is -0.443 e. The van der Waals surface area contributed by atoms with E-state index in [1.165, 1.54) is 24.4 Å². The largest absolute Gasteiger partial charge is 0.443 e. The van der Waals surface area contributed by atoms with Crippen LogP contribution < -0.4 is 5.32 Å². The maximum Gasteiger partial charge on any atom is 0.417 e. The van der Waals surface area contributed by atoms with Gasteiger partial charge in [-0.1, -0.05) is 0 Å². The Morgan fingerprint density at radius 1 is 1.11 bits per heavy atom. The van der Waals surface area contributed by atoms with Crippen molar-refractivity contribution in [2.75, 3.05) is 6.54 Å². The van der Waals surface area contributed by atoms with Crippen LogP contribution in [0.3, 0.4) is 0 Å². The van der Waals surface area contributed by atoms with E-state index >= 15 is 0 Å². The van der Waals surface area contributed by atoms with Crippen molar-refractivity contribution < 1.29 is 35.2 Å². The van der Waals surface area contributed by atoms with Crippen LogP contribution in [0.1, 0.15) is 24.1 Å². The second kappa shape index (κ2) is 9.80. The quantitative estimate of drug-likeness (QED) is 0.356. The molecule has 0 spiro atoms. The zero-order valence-corrected chi connectivity index (χ0v) is 20.4. The van der Waals surface area contributed by atoms with Gasteiger partial charge in [-0.2, -0.15) is 17.5 Å². The number of rotatable bonds is 6. The van der Waals surface area contributed by atoms with Gasteiger partial charge in [0.2, 0.25) is 11.0 Å². The van der Waals surface area contributed by atoms with Crippen LogP contribution in [0.25, 0.3) is 22.2 Å². The molecule has 1 saturated heterocycles. The minimum atomic E-state index is -4.50. The van der Waals surface area contributed by atoms with Crippen molar-refractivity contribution >= 4 is 26.9 Å². The van der Waals surface area contributed by atoms with Gasteiger partial charge in [0.1, 0.15) is 17.4 Å². The van der Waals surface area contributed by atoms with Crippen LogP contribution in [0.15, 0.2) is 70.4 Å². The standard InChI is InChI=1S/C25H20F4N4O4S/c26-18-4-6-22-16(10-18)12-23(37-22)38(35,36)33-9-1-2-21(33)24(34)32-14-19-11-15(7-8-30-19)20-5-3-17(13-31-20)25(27,28)29/h3-8,10-13,21H,1-2,9,14H2,(H,32,34). The molecule has 1 aliphatic rings. The zero-order valence-electron chi connectivity index (χ0n) is 19.6. The Morgan fingerprint density at radius 2 is 1.92 bits per heavy atom. The van der Waals surface area contributed by atoms with Crippen molar-refractivity contribution in [2.45, 2.75) is 36.7 Å². The minimum absolute atomic E-state index is 0.0401. The first kappa shape index (κ1) is 25.8. The number of hydrogen-bond donors (Lipinski definition) is 1. The Balaban J connectivity index is 1.28. The van der Waals surface area contributed by atoms with E-state index in [4.69, 9.17) is 4.42 Å². The number of carbonyl (C=O) groups excluding carboxylic acids is 1. The SMILES string of the molecule is O=C(NCc1cc(-c2ccc(C(F)(F)F)cn2)ccn1)C1CCCN1S(=O)(=O)c1cc2cc(F)ccc2o1. The average Bonchev–Trinajstić information content (AvgIpc) is 3.55. The molecule has 0 bridgehead atoms. The van der Waals surface area contributed by atoms with Gasteiger partial charge in [-0.15, -0.1) is 0 Å². The summed E-state index contributed by atoms with van der Waals surface area (Å²) in [5.41, 5.74) is 0.549. The molecule has 5 rings (SSSR count). The molecule has 198 valence electrons. The molecule has 38 heavy (non-hydrogen) atoms. The van der Waals surface area contributed by atoms with E-state index in [1.54, 1.807) is 12.1 Å². The number of pyridine rings is 2. The normalized spacial score (nSPS) is 16.7. The lowest BCUT2D eigenvalue weighted by molar-refractivity contribution is -0.137. The van der Waals surface area contributed by atoms with Crippen molar-refractivity contribution in [1.82, 2.24) is 19.6 Å². The van der Waals surface area contributed by atoms with Gasteiger partial charge in [0.05, 0.1) is 23.5 Å². The number of nitrogens with zero attached hydrogens (tertiary/aromatic N) is 3. The zero-order chi connectivity index (χ0) is 27.1. The van der Waals surface area contributed by atoms with Crippen molar-refractivity contribution in [2.24, 2.45) is 0 Å². The highest BCUT2D eigenvalue weighted by molar-refractivity contribution is 7.89. The van der Waals surface area contributed by atoms with Crippen molar-refractivity contribution in [1.29, 1.82) is 0 Å². The van der Waals surface area contributed by atoms with Crippen LogP contribution in [-0.4, -0.2) is 41.2 Å². The van der Waals surface area contributed by atoms with Crippen LogP contribution in [0.5, 0.6) is 0 Å². The molecule has 0 aliphatic carbocycles. The molecule has 1 unspecified atom stereocenters. The summed E-state index contributed by atoms with van der Waals surface area (Å²) in [6.45, 7) is 0.0702. The molecule has 1 fully saturated rings.